The van der Waals surface area contributed by atoms with E-state index >= 15 is 0 Å². The number of hydrogen-bond acceptors (Lipinski definition) is 4. The first-order valence-electron chi connectivity index (χ1n) is 10.2. The quantitative estimate of drug-likeness (QED) is 0.854. The summed E-state index contributed by atoms with van der Waals surface area (Å²) in [4.78, 5) is 32.9. The molecule has 1 spiro atoms. The number of amides is 1. The predicted octanol–water partition coefficient (Wildman–Crippen LogP) is 2.14. The molecule has 1 atom stereocenters. The van der Waals surface area contributed by atoms with Crippen molar-refractivity contribution in [2.24, 2.45) is 11.3 Å². The zero-order chi connectivity index (χ0) is 19.2. The van der Waals surface area contributed by atoms with Crippen LogP contribution in [0.25, 0.3) is 0 Å². The summed E-state index contributed by atoms with van der Waals surface area (Å²) in [5, 5.41) is 9.64. The summed E-state index contributed by atoms with van der Waals surface area (Å²) >= 11 is 0. The van der Waals surface area contributed by atoms with Gasteiger partial charge in [-0.3, -0.25) is 9.69 Å². The number of likely N-dealkylation sites (tertiary alicyclic amines) is 2. The van der Waals surface area contributed by atoms with Crippen LogP contribution in [0.1, 0.15) is 57.8 Å². The topological polar surface area (TPSA) is 78.7 Å². The molecule has 4 rings (SSSR count). The van der Waals surface area contributed by atoms with Gasteiger partial charge in [-0.25, -0.2) is 9.78 Å². The second-order valence-electron chi connectivity index (χ2n) is 8.92. The van der Waals surface area contributed by atoms with Crippen LogP contribution >= 0.6 is 0 Å². The Morgan fingerprint density at radius 2 is 2.00 bits per heavy atom. The first-order chi connectivity index (χ1) is 12.9. The van der Waals surface area contributed by atoms with Crippen molar-refractivity contribution in [2.75, 3.05) is 19.6 Å². The molecular formula is C20H30N4O3. The third-order valence-corrected chi connectivity index (χ3v) is 6.59. The second kappa shape index (κ2) is 6.93. The van der Waals surface area contributed by atoms with Crippen LogP contribution < -0.4 is 0 Å². The van der Waals surface area contributed by atoms with Crippen LogP contribution in [0.4, 0.5) is 0 Å². The Labute approximate surface area is 160 Å². The normalized spacial score (nSPS) is 25.4. The molecule has 2 saturated heterocycles. The summed E-state index contributed by atoms with van der Waals surface area (Å²) in [6.07, 6.45) is 8.24. The molecule has 0 aromatic carbocycles. The average molecular weight is 374 g/mol. The van der Waals surface area contributed by atoms with E-state index in [-0.39, 0.29) is 17.2 Å². The lowest BCUT2D eigenvalue weighted by Crippen LogP contribution is -2.43. The van der Waals surface area contributed by atoms with Crippen LogP contribution in [-0.4, -0.2) is 62.0 Å². The largest absolute Gasteiger partial charge is 0.480 e. The molecular weight excluding hydrogens is 344 g/mol. The minimum Gasteiger partial charge on any atom is -0.480 e. The number of nitrogens with zero attached hydrogens (tertiary/aromatic N) is 4. The fourth-order valence-corrected chi connectivity index (χ4v) is 4.76. The summed E-state index contributed by atoms with van der Waals surface area (Å²) in [7, 11) is 0. The Hall–Kier alpha value is -1.89. The van der Waals surface area contributed by atoms with E-state index in [1.54, 1.807) is 4.90 Å². The maximum absolute atomic E-state index is 12.6. The van der Waals surface area contributed by atoms with E-state index in [0.29, 0.717) is 19.0 Å². The Bertz CT molecular complexity index is 717. The molecule has 148 valence electrons. The molecule has 1 amide bonds. The van der Waals surface area contributed by atoms with Gasteiger partial charge in [0, 0.05) is 30.9 Å². The van der Waals surface area contributed by atoms with E-state index in [0.717, 1.165) is 51.1 Å². The van der Waals surface area contributed by atoms with E-state index in [1.165, 1.54) is 0 Å². The molecule has 27 heavy (non-hydrogen) atoms. The van der Waals surface area contributed by atoms with Crippen molar-refractivity contribution in [3.05, 3.63) is 18.2 Å². The fraction of sp³-hybridized carbons (Fsp3) is 0.750. The van der Waals surface area contributed by atoms with E-state index in [1.807, 2.05) is 12.4 Å². The van der Waals surface area contributed by atoms with Crippen molar-refractivity contribution in [3.8, 4) is 0 Å². The van der Waals surface area contributed by atoms with E-state index in [9.17, 15) is 14.7 Å². The minimum atomic E-state index is -0.845. The van der Waals surface area contributed by atoms with Gasteiger partial charge in [0.25, 0.3) is 0 Å². The van der Waals surface area contributed by atoms with Crippen molar-refractivity contribution >= 4 is 11.9 Å². The van der Waals surface area contributed by atoms with Crippen LogP contribution in [0, 0.1) is 11.3 Å². The minimum absolute atomic E-state index is 0.0302. The molecule has 3 aliphatic rings. The summed E-state index contributed by atoms with van der Waals surface area (Å²) < 4.78 is 2.20. The van der Waals surface area contributed by atoms with Crippen molar-refractivity contribution in [3.63, 3.8) is 0 Å². The molecule has 0 radical (unpaired) electrons. The molecule has 1 aromatic rings. The number of aliphatic carboxylic acids is 1. The first-order valence-corrected chi connectivity index (χ1v) is 10.2. The highest BCUT2D eigenvalue weighted by molar-refractivity contribution is 5.87. The molecule has 3 heterocycles. The smallest absolute Gasteiger partial charge is 0.326 e. The summed E-state index contributed by atoms with van der Waals surface area (Å²) in [6, 6.07) is -0.240. The van der Waals surface area contributed by atoms with Gasteiger partial charge in [-0.2, -0.15) is 0 Å². The third-order valence-electron chi connectivity index (χ3n) is 6.59. The maximum atomic E-state index is 12.6. The molecule has 1 saturated carbocycles. The summed E-state index contributed by atoms with van der Waals surface area (Å²) in [5.74, 6) is 0.390. The number of carboxylic acids is 1. The highest BCUT2D eigenvalue weighted by atomic mass is 16.4. The van der Waals surface area contributed by atoms with E-state index in [2.05, 4.69) is 28.3 Å². The van der Waals surface area contributed by atoms with Gasteiger partial charge in [-0.1, -0.05) is 0 Å². The Morgan fingerprint density at radius 3 is 2.59 bits per heavy atom. The molecule has 1 N–H and O–H groups in total. The molecule has 1 aromatic heterocycles. The number of carbonyl (C=O) groups is 2. The standard InChI is InChI=1S/C20H30N4O3/c1-14(2)23-10-7-21-17(23)12-22-8-5-20(6-9-22)11-16(19(26)27)24(13-20)18(25)15-3-4-15/h7,10,14-16H,3-6,8-9,11-13H2,1-2H3,(H,26,27). The molecule has 3 fully saturated rings. The molecule has 1 unspecified atom stereocenters. The first kappa shape index (κ1) is 18.5. The van der Waals surface area contributed by atoms with Gasteiger partial charge in [-0.05, 0) is 64.5 Å². The summed E-state index contributed by atoms with van der Waals surface area (Å²) in [5.41, 5.74) is -0.0302. The molecule has 7 nitrogen and oxygen atoms in total. The number of rotatable bonds is 5. The van der Waals surface area contributed by atoms with Crippen LogP contribution in [-0.2, 0) is 16.1 Å². The van der Waals surface area contributed by atoms with Crippen LogP contribution in [0.3, 0.4) is 0 Å². The molecule has 1 aliphatic carbocycles. The highest BCUT2D eigenvalue weighted by Gasteiger charge is 2.51. The van der Waals surface area contributed by atoms with Crippen LogP contribution in [0.5, 0.6) is 0 Å². The lowest BCUT2D eigenvalue weighted by Gasteiger charge is -2.39. The zero-order valence-electron chi connectivity index (χ0n) is 16.3. The van der Waals surface area contributed by atoms with Gasteiger partial charge in [0.2, 0.25) is 5.91 Å². The Kier molecular flexibility index (Phi) is 4.74. The Morgan fingerprint density at radius 1 is 1.30 bits per heavy atom. The van der Waals surface area contributed by atoms with Crippen LogP contribution in [0.15, 0.2) is 12.4 Å². The van der Waals surface area contributed by atoms with Gasteiger partial charge < -0.3 is 14.6 Å². The maximum Gasteiger partial charge on any atom is 0.326 e. The molecule has 7 heteroatoms. The SMILES string of the molecule is CC(C)n1ccnc1CN1CCC2(CC1)CC(C(=O)O)N(C(=O)C1CC1)C2. The van der Waals surface area contributed by atoms with E-state index in [4.69, 9.17) is 0 Å². The van der Waals surface area contributed by atoms with Crippen molar-refractivity contribution in [1.82, 2.24) is 19.4 Å². The second-order valence-corrected chi connectivity index (χ2v) is 8.92. The summed E-state index contributed by atoms with van der Waals surface area (Å²) in [6.45, 7) is 7.63. The number of imidazole rings is 1. The molecule has 2 aliphatic heterocycles. The number of piperidine rings is 1. The lowest BCUT2D eigenvalue weighted by molar-refractivity contribution is -0.148. The van der Waals surface area contributed by atoms with Crippen molar-refractivity contribution in [2.45, 2.75) is 64.6 Å². The van der Waals surface area contributed by atoms with Gasteiger partial charge in [-0.15, -0.1) is 0 Å². The number of aromatic nitrogens is 2. The van der Waals surface area contributed by atoms with Gasteiger partial charge in [0.15, 0.2) is 0 Å². The van der Waals surface area contributed by atoms with Gasteiger partial charge >= 0.3 is 5.97 Å². The number of carboxylic acid groups (broad SMARTS) is 1. The van der Waals surface area contributed by atoms with Gasteiger partial charge in [0.05, 0.1) is 6.54 Å². The number of hydrogen-bond donors (Lipinski definition) is 1. The zero-order valence-corrected chi connectivity index (χ0v) is 16.3. The Balaban J connectivity index is 1.40. The monoisotopic (exact) mass is 374 g/mol. The average Bonchev–Trinajstić information content (AvgIpc) is 3.26. The van der Waals surface area contributed by atoms with Crippen LogP contribution in [0.2, 0.25) is 0 Å². The van der Waals surface area contributed by atoms with Crippen molar-refractivity contribution < 1.29 is 14.7 Å². The third kappa shape index (κ3) is 3.61. The van der Waals surface area contributed by atoms with E-state index < -0.39 is 12.0 Å². The predicted molar refractivity (Wildman–Crippen MR) is 100 cm³/mol. The molecule has 0 bridgehead atoms. The highest BCUT2D eigenvalue weighted by Crippen LogP contribution is 2.45. The van der Waals surface area contributed by atoms with Gasteiger partial charge in [0.1, 0.15) is 11.9 Å². The lowest BCUT2D eigenvalue weighted by atomic mass is 9.76. The number of carbonyl (C=O) groups excluding carboxylic acids is 1. The fourth-order valence-electron chi connectivity index (χ4n) is 4.76. The van der Waals surface area contributed by atoms with Crippen molar-refractivity contribution in [1.29, 1.82) is 0 Å².